The van der Waals surface area contributed by atoms with E-state index in [1.54, 1.807) is 6.07 Å². The number of para-hydroxylation sites is 1. The van der Waals surface area contributed by atoms with Gasteiger partial charge in [0.1, 0.15) is 12.4 Å². The van der Waals surface area contributed by atoms with Gasteiger partial charge in [0.25, 0.3) is 0 Å². The fourth-order valence-electron chi connectivity index (χ4n) is 4.99. The number of rotatable bonds is 8. The summed E-state index contributed by atoms with van der Waals surface area (Å²) in [6.07, 6.45) is -3.23. The summed E-state index contributed by atoms with van der Waals surface area (Å²) >= 11 is 0. The first-order valence-electron chi connectivity index (χ1n) is 12.4. The molecule has 0 saturated carbocycles. The second-order valence-electron chi connectivity index (χ2n) is 9.85. The number of ether oxygens (including phenoxy) is 1. The number of amides is 1. The van der Waals surface area contributed by atoms with E-state index < -0.39 is 17.7 Å². The van der Waals surface area contributed by atoms with Gasteiger partial charge in [-0.1, -0.05) is 32.0 Å². The summed E-state index contributed by atoms with van der Waals surface area (Å²) in [5.74, 6) is 0.797. The van der Waals surface area contributed by atoms with E-state index in [1.807, 2.05) is 30.3 Å². The number of benzene rings is 2. The van der Waals surface area contributed by atoms with E-state index in [9.17, 15) is 18.0 Å². The van der Waals surface area contributed by atoms with Gasteiger partial charge in [0.15, 0.2) is 0 Å². The fraction of sp³-hybridized carbons (Fsp3) is 0.519. The van der Waals surface area contributed by atoms with Crippen molar-refractivity contribution in [3.8, 4) is 5.75 Å². The zero-order valence-electron chi connectivity index (χ0n) is 20.4. The average molecular weight is 490 g/mol. The van der Waals surface area contributed by atoms with E-state index >= 15 is 0 Å². The standard InChI is InChI=1S/C27H34F3N3O2/c1-19(2)10-11-31-26(34)23-17-20-16-21(27(28,29)30)8-9-24(20)33-13-12-32(18-25(23)33)14-15-35-22-6-4-3-5-7-22/h3-9,16,19,23,25H,10-15,17-18H2,1-2H3,(H,31,34)/t23-,25-/m0/s1. The molecule has 1 fully saturated rings. The molecule has 2 aromatic rings. The number of halogens is 3. The van der Waals surface area contributed by atoms with Gasteiger partial charge in [-0.25, -0.2) is 0 Å². The van der Waals surface area contributed by atoms with Gasteiger partial charge in [-0.2, -0.15) is 13.2 Å². The van der Waals surface area contributed by atoms with Crippen molar-refractivity contribution in [3.05, 3.63) is 59.7 Å². The third kappa shape index (κ3) is 6.28. The van der Waals surface area contributed by atoms with Crippen molar-refractivity contribution < 1.29 is 22.7 Å². The number of anilines is 1. The summed E-state index contributed by atoms with van der Waals surface area (Å²) in [5.41, 5.74) is 0.751. The summed E-state index contributed by atoms with van der Waals surface area (Å²) in [7, 11) is 0. The predicted octanol–water partition coefficient (Wildman–Crippen LogP) is 4.61. The third-order valence-electron chi connectivity index (χ3n) is 6.90. The minimum Gasteiger partial charge on any atom is -0.492 e. The number of hydrogen-bond donors (Lipinski definition) is 1. The summed E-state index contributed by atoms with van der Waals surface area (Å²) < 4.78 is 46.0. The van der Waals surface area contributed by atoms with E-state index in [2.05, 4.69) is 29.0 Å². The molecule has 5 nitrogen and oxygen atoms in total. The SMILES string of the molecule is CC(C)CCNC(=O)[C@H]1Cc2cc(C(F)(F)F)ccc2N2CCN(CCOc3ccccc3)C[C@@H]12. The molecule has 4 rings (SSSR count). The van der Waals surface area contributed by atoms with E-state index in [0.29, 0.717) is 44.1 Å². The van der Waals surface area contributed by atoms with E-state index in [1.165, 1.54) is 6.07 Å². The molecule has 190 valence electrons. The first-order valence-corrected chi connectivity index (χ1v) is 12.4. The van der Waals surface area contributed by atoms with Gasteiger partial charge in [0, 0.05) is 38.4 Å². The Labute approximate surface area is 205 Å². The highest BCUT2D eigenvalue weighted by atomic mass is 19.4. The quantitative estimate of drug-likeness (QED) is 0.588. The normalized spacial score (nSPS) is 20.3. The molecule has 2 atom stereocenters. The fourth-order valence-corrected chi connectivity index (χ4v) is 4.99. The molecule has 0 unspecified atom stereocenters. The summed E-state index contributed by atoms with van der Waals surface area (Å²) in [5, 5.41) is 3.04. The molecule has 0 bridgehead atoms. The summed E-state index contributed by atoms with van der Waals surface area (Å²) in [4.78, 5) is 17.7. The van der Waals surface area contributed by atoms with Crippen LogP contribution in [-0.4, -0.2) is 56.2 Å². The van der Waals surface area contributed by atoms with Crippen LogP contribution in [0.2, 0.25) is 0 Å². The number of piperazine rings is 1. The molecule has 1 saturated heterocycles. The van der Waals surface area contributed by atoms with Crippen LogP contribution in [0.15, 0.2) is 48.5 Å². The number of hydrogen-bond acceptors (Lipinski definition) is 4. The number of carbonyl (C=O) groups excluding carboxylic acids is 1. The Morgan fingerprint density at radius 3 is 2.63 bits per heavy atom. The molecule has 8 heteroatoms. The number of carbonyl (C=O) groups is 1. The van der Waals surface area contributed by atoms with Crippen molar-refractivity contribution in [1.29, 1.82) is 0 Å². The maximum absolute atomic E-state index is 13.4. The monoisotopic (exact) mass is 489 g/mol. The predicted molar refractivity (Wildman–Crippen MR) is 131 cm³/mol. The van der Waals surface area contributed by atoms with Gasteiger partial charge >= 0.3 is 6.18 Å². The third-order valence-corrected chi connectivity index (χ3v) is 6.90. The van der Waals surface area contributed by atoms with Crippen molar-refractivity contribution in [3.63, 3.8) is 0 Å². The Morgan fingerprint density at radius 1 is 1.14 bits per heavy atom. The van der Waals surface area contributed by atoms with Crippen LogP contribution in [0.3, 0.4) is 0 Å². The first-order chi connectivity index (χ1) is 16.7. The lowest BCUT2D eigenvalue weighted by Crippen LogP contribution is -2.61. The summed E-state index contributed by atoms with van der Waals surface area (Å²) in [6, 6.07) is 13.5. The molecule has 2 aromatic carbocycles. The van der Waals surface area contributed by atoms with Crippen molar-refractivity contribution in [2.75, 3.05) is 44.2 Å². The smallest absolute Gasteiger partial charge is 0.416 e. The lowest BCUT2D eigenvalue weighted by molar-refractivity contribution is -0.137. The average Bonchev–Trinajstić information content (AvgIpc) is 2.83. The van der Waals surface area contributed by atoms with Crippen LogP contribution in [0.25, 0.3) is 0 Å². The van der Waals surface area contributed by atoms with Gasteiger partial charge in [-0.05, 0) is 54.7 Å². The van der Waals surface area contributed by atoms with E-state index in [4.69, 9.17) is 4.74 Å². The maximum atomic E-state index is 13.4. The Morgan fingerprint density at radius 2 is 1.91 bits per heavy atom. The second kappa shape index (κ2) is 10.9. The highest BCUT2D eigenvalue weighted by Crippen LogP contribution is 2.39. The topological polar surface area (TPSA) is 44.8 Å². The van der Waals surface area contributed by atoms with Crippen LogP contribution in [0.5, 0.6) is 5.75 Å². The van der Waals surface area contributed by atoms with E-state index in [0.717, 1.165) is 37.0 Å². The van der Waals surface area contributed by atoms with E-state index in [-0.39, 0.29) is 11.9 Å². The molecule has 0 aliphatic carbocycles. The van der Waals surface area contributed by atoms with Crippen LogP contribution in [0, 0.1) is 11.8 Å². The zero-order chi connectivity index (χ0) is 25.0. The molecule has 2 heterocycles. The Kier molecular flexibility index (Phi) is 7.89. The highest BCUT2D eigenvalue weighted by Gasteiger charge is 2.42. The van der Waals surface area contributed by atoms with Gasteiger partial charge in [0.05, 0.1) is 17.5 Å². The van der Waals surface area contributed by atoms with Crippen molar-refractivity contribution in [1.82, 2.24) is 10.2 Å². The van der Waals surface area contributed by atoms with Gasteiger partial charge in [0.2, 0.25) is 5.91 Å². The molecular formula is C27H34F3N3O2. The van der Waals surface area contributed by atoms with Crippen LogP contribution < -0.4 is 15.0 Å². The minimum absolute atomic E-state index is 0.0777. The molecule has 0 aromatic heterocycles. The molecular weight excluding hydrogens is 455 g/mol. The molecule has 2 aliphatic heterocycles. The zero-order valence-corrected chi connectivity index (χ0v) is 20.4. The van der Waals surface area contributed by atoms with Gasteiger partial charge < -0.3 is 15.0 Å². The Hall–Kier alpha value is -2.74. The molecule has 0 radical (unpaired) electrons. The van der Waals surface area contributed by atoms with Crippen LogP contribution in [-0.2, 0) is 17.4 Å². The lowest BCUT2D eigenvalue weighted by Gasteiger charge is -2.49. The molecule has 2 aliphatic rings. The highest BCUT2D eigenvalue weighted by molar-refractivity contribution is 5.82. The number of alkyl halides is 3. The first kappa shape index (κ1) is 25.4. The lowest BCUT2D eigenvalue weighted by atomic mass is 9.82. The second-order valence-corrected chi connectivity index (χ2v) is 9.85. The molecule has 35 heavy (non-hydrogen) atoms. The number of nitrogens with one attached hydrogen (secondary N) is 1. The molecule has 1 N–H and O–H groups in total. The Bertz CT molecular complexity index is 997. The van der Waals surface area contributed by atoms with Crippen molar-refractivity contribution >= 4 is 11.6 Å². The van der Waals surface area contributed by atoms with Crippen LogP contribution >= 0.6 is 0 Å². The number of nitrogens with zero attached hydrogens (tertiary/aromatic N) is 2. The minimum atomic E-state index is -4.40. The Balaban J connectivity index is 1.49. The number of fused-ring (bicyclic) bond motifs is 3. The van der Waals surface area contributed by atoms with Crippen LogP contribution in [0.4, 0.5) is 18.9 Å². The maximum Gasteiger partial charge on any atom is 0.416 e. The van der Waals surface area contributed by atoms with Crippen molar-refractivity contribution in [2.24, 2.45) is 11.8 Å². The van der Waals surface area contributed by atoms with Gasteiger partial charge in [-0.3, -0.25) is 9.69 Å². The molecule has 1 amide bonds. The molecule has 0 spiro atoms. The van der Waals surface area contributed by atoms with Crippen molar-refractivity contribution in [2.45, 2.75) is 38.9 Å². The largest absolute Gasteiger partial charge is 0.492 e. The summed E-state index contributed by atoms with van der Waals surface area (Å²) in [6.45, 7) is 8.11. The van der Waals surface area contributed by atoms with Crippen LogP contribution in [0.1, 0.15) is 31.4 Å². The van der Waals surface area contributed by atoms with Gasteiger partial charge in [-0.15, -0.1) is 0 Å².